The van der Waals surface area contributed by atoms with Crippen molar-refractivity contribution in [2.75, 3.05) is 26.1 Å². The van der Waals surface area contributed by atoms with Crippen molar-refractivity contribution in [3.8, 4) is 17.2 Å². The first-order chi connectivity index (χ1) is 18.3. The van der Waals surface area contributed by atoms with E-state index in [0.717, 1.165) is 25.8 Å². The Kier molecular flexibility index (Phi) is 9.18. The van der Waals surface area contributed by atoms with Gasteiger partial charge in [-0.15, -0.1) is 0 Å². The van der Waals surface area contributed by atoms with Crippen LogP contribution in [0.25, 0.3) is 6.08 Å². The van der Waals surface area contributed by atoms with Crippen LogP contribution in [0.2, 0.25) is 5.02 Å². The number of thioether (sulfide) groups is 1. The summed E-state index contributed by atoms with van der Waals surface area (Å²) in [5, 5.41) is 2.42. The molecule has 8 nitrogen and oxygen atoms in total. The van der Waals surface area contributed by atoms with Crippen LogP contribution >= 0.6 is 46.0 Å². The first kappa shape index (κ1) is 27.8. The number of anilines is 1. The third kappa shape index (κ3) is 6.61. The Hall–Kier alpha value is -3.22. The smallest absolute Gasteiger partial charge is 0.294 e. The van der Waals surface area contributed by atoms with E-state index in [1.165, 1.54) is 20.3 Å². The molecule has 0 aliphatic carbocycles. The van der Waals surface area contributed by atoms with Gasteiger partial charge in [-0.05, 0) is 81.9 Å². The monoisotopic (exact) mass is 664 g/mol. The molecule has 0 unspecified atom stereocenters. The van der Waals surface area contributed by atoms with Gasteiger partial charge in [-0.25, -0.2) is 0 Å². The van der Waals surface area contributed by atoms with Gasteiger partial charge in [-0.2, -0.15) is 0 Å². The highest BCUT2D eigenvalue weighted by Gasteiger charge is 2.36. The Morgan fingerprint density at radius 1 is 1.05 bits per heavy atom. The third-order valence-corrected chi connectivity index (χ3v) is 7.39. The molecule has 1 saturated heterocycles. The second-order valence-corrected chi connectivity index (χ2v) is 10.5. The van der Waals surface area contributed by atoms with Gasteiger partial charge >= 0.3 is 0 Å². The predicted octanol–water partition coefficient (Wildman–Crippen LogP) is 6.22. The molecule has 1 N–H and O–H groups in total. The van der Waals surface area contributed by atoms with Crippen LogP contribution in [0.3, 0.4) is 0 Å². The van der Waals surface area contributed by atoms with Crippen LogP contribution in [-0.2, 0) is 16.2 Å². The van der Waals surface area contributed by atoms with E-state index >= 15 is 0 Å². The molecule has 1 fully saturated rings. The average molecular weight is 665 g/mol. The number of amides is 3. The van der Waals surface area contributed by atoms with Crippen molar-refractivity contribution in [3.63, 3.8) is 0 Å². The van der Waals surface area contributed by atoms with Crippen molar-refractivity contribution in [1.29, 1.82) is 0 Å². The number of carbonyl (C=O) groups is 3. The van der Waals surface area contributed by atoms with E-state index in [-0.39, 0.29) is 4.91 Å². The molecule has 0 bridgehead atoms. The van der Waals surface area contributed by atoms with E-state index in [0.29, 0.717) is 40.1 Å². The van der Waals surface area contributed by atoms with Gasteiger partial charge in [0.1, 0.15) is 18.9 Å². The van der Waals surface area contributed by atoms with Crippen molar-refractivity contribution in [2.24, 2.45) is 0 Å². The fourth-order valence-corrected chi connectivity index (χ4v) is 5.45. The summed E-state index contributed by atoms with van der Waals surface area (Å²) >= 11 is 9.00. The number of imide groups is 1. The van der Waals surface area contributed by atoms with Crippen LogP contribution in [0.15, 0.2) is 65.6 Å². The standard InChI is InChI=1S/C27H22ClIN2O6S/c1-35-21-9-8-18(13-19(21)28)30-24(32)14-31-26(33)23(38-27(31)34)12-17-10-20(29)25(22(11-17)36-2)37-15-16-6-4-3-5-7-16/h3-13H,14-15H2,1-2H3,(H,30,32)/b23-12+. The second-order valence-electron chi connectivity index (χ2n) is 7.97. The van der Waals surface area contributed by atoms with Crippen molar-refractivity contribution in [2.45, 2.75) is 6.61 Å². The molecule has 3 aromatic carbocycles. The average Bonchev–Trinajstić information content (AvgIpc) is 3.15. The lowest BCUT2D eigenvalue weighted by Gasteiger charge is -2.14. The zero-order valence-electron chi connectivity index (χ0n) is 20.3. The Morgan fingerprint density at radius 3 is 2.47 bits per heavy atom. The lowest BCUT2D eigenvalue weighted by Crippen LogP contribution is -2.36. The second kappa shape index (κ2) is 12.5. The molecule has 1 aliphatic heterocycles. The van der Waals surface area contributed by atoms with Crippen LogP contribution < -0.4 is 19.5 Å². The SMILES string of the molecule is COc1ccc(NC(=O)CN2C(=O)S/C(=C/c3cc(I)c(OCc4ccccc4)c(OC)c3)C2=O)cc1Cl. The van der Waals surface area contributed by atoms with Crippen molar-refractivity contribution < 1.29 is 28.6 Å². The largest absolute Gasteiger partial charge is 0.495 e. The molecule has 0 atom stereocenters. The van der Waals surface area contributed by atoms with E-state index in [1.807, 2.05) is 36.4 Å². The summed E-state index contributed by atoms with van der Waals surface area (Å²) in [7, 11) is 3.02. The van der Waals surface area contributed by atoms with E-state index < -0.39 is 23.6 Å². The van der Waals surface area contributed by atoms with Crippen LogP contribution in [0.4, 0.5) is 10.5 Å². The zero-order valence-corrected chi connectivity index (χ0v) is 24.1. The molecular formula is C27H22ClIN2O6S. The first-order valence-corrected chi connectivity index (χ1v) is 13.5. The van der Waals surface area contributed by atoms with Gasteiger partial charge in [-0.1, -0.05) is 41.9 Å². The number of hydrogen-bond acceptors (Lipinski definition) is 7. The van der Waals surface area contributed by atoms with Gasteiger partial charge in [0.25, 0.3) is 11.1 Å². The summed E-state index contributed by atoms with van der Waals surface area (Å²) in [6, 6.07) is 18.1. The van der Waals surface area contributed by atoms with E-state index in [4.69, 9.17) is 25.8 Å². The van der Waals surface area contributed by atoms with Gasteiger partial charge in [-0.3, -0.25) is 19.3 Å². The van der Waals surface area contributed by atoms with Crippen LogP contribution in [0.1, 0.15) is 11.1 Å². The highest BCUT2D eigenvalue weighted by molar-refractivity contribution is 14.1. The molecule has 196 valence electrons. The summed E-state index contributed by atoms with van der Waals surface area (Å²) in [6.45, 7) is -0.0605. The van der Waals surface area contributed by atoms with Crippen molar-refractivity contribution in [3.05, 3.63) is 85.3 Å². The zero-order chi connectivity index (χ0) is 27.2. The van der Waals surface area contributed by atoms with Gasteiger partial charge < -0.3 is 19.5 Å². The summed E-state index contributed by atoms with van der Waals surface area (Å²) in [5.74, 6) is 0.448. The quantitative estimate of drug-likeness (QED) is 0.215. The highest BCUT2D eigenvalue weighted by atomic mass is 127. The first-order valence-electron chi connectivity index (χ1n) is 11.2. The van der Waals surface area contributed by atoms with E-state index in [2.05, 4.69) is 27.9 Å². The van der Waals surface area contributed by atoms with Gasteiger partial charge in [0, 0.05) is 5.69 Å². The van der Waals surface area contributed by atoms with Gasteiger partial charge in [0.05, 0.1) is 27.7 Å². The molecule has 3 amide bonds. The molecule has 0 spiro atoms. The number of benzene rings is 3. The van der Waals surface area contributed by atoms with Crippen LogP contribution in [-0.4, -0.2) is 42.7 Å². The summed E-state index contributed by atoms with van der Waals surface area (Å²) < 4.78 is 17.4. The maximum absolute atomic E-state index is 13.0. The number of ether oxygens (including phenoxy) is 3. The van der Waals surface area contributed by atoms with E-state index in [1.54, 1.807) is 24.3 Å². The molecule has 0 radical (unpaired) electrons. The number of halogens is 2. The Balaban J connectivity index is 1.45. The lowest BCUT2D eigenvalue weighted by atomic mass is 10.1. The normalized spacial score (nSPS) is 14.1. The Bertz CT molecular complexity index is 1420. The number of nitrogens with one attached hydrogen (secondary N) is 1. The van der Waals surface area contributed by atoms with Crippen molar-refractivity contribution in [1.82, 2.24) is 4.90 Å². The van der Waals surface area contributed by atoms with E-state index in [9.17, 15) is 14.4 Å². The fourth-order valence-electron chi connectivity index (χ4n) is 3.57. The molecule has 38 heavy (non-hydrogen) atoms. The summed E-state index contributed by atoms with van der Waals surface area (Å²) in [6.07, 6.45) is 1.59. The maximum Gasteiger partial charge on any atom is 0.294 e. The fraction of sp³-hybridized carbons (Fsp3) is 0.148. The topological polar surface area (TPSA) is 94.2 Å². The minimum Gasteiger partial charge on any atom is -0.495 e. The molecule has 1 aliphatic rings. The van der Waals surface area contributed by atoms with Crippen molar-refractivity contribution >= 4 is 74.8 Å². The molecule has 4 rings (SSSR count). The Labute approximate surface area is 242 Å². The molecule has 0 aromatic heterocycles. The number of carbonyl (C=O) groups excluding carboxylic acids is 3. The third-order valence-electron chi connectivity index (χ3n) is 5.39. The molecule has 3 aromatic rings. The molecule has 1 heterocycles. The molecule has 0 saturated carbocycles. The van der Waals surface area contributed by atoms with Crippen LogP contribution in [0.5, 0.6) is 17.2 Å². The van der Waals surface area contributed by atoms with Crippen LogP contribution in [0, 0.1) is 3.57 Å². The number of rotatable bonds is 9. The Morgan fingerprint density at radius 2 is 1.79 bits per heavy atom. The molecular weight excluding hydrogens is 643 g/mol. The summed E-state index contributed by atoms with van der Waals surface area (Å²) in [5.41, 5.74) is 2.09. The lowest BCUT2D eigenvalue weighted by molar-refractivity contribution is -0.127. The number of hydrogen-bond donors (Lipinski definition) is 1. The summed E-state index contributed by atoms with van der Waals surface area (Å²) in [4.78, 5) is 39.1. The predicted molar refractivity (Wildman–Crippen MR) is 156 cm³/mol. The molecule has 11 heteroatoms. The maximum atomic E-state index is 13.0. The van der Waals surface area contributed by atoms with Gasteiger partial charge in [0.2, 0.25) is 5.91 Å². The minimum atomic E-state index is -0.554. The minimum absolute atomic E-state index is 0.200. The number of methoxy groups -OCH3 is 2. The highest BCUT2D eigenvalue weighted by Crippen LogP contribution is 2.37. The van der Waals surface area contributed by atoms with Gasteiger partial charge in [0.15, 0.2) is 11.5 Å². The number of nitrogens with zero attached hydrogens (tertiary/aromatic N) is 1.